The number of rotatable bonds is 6. The molecule has 2 fully saturated rings. The van der Waals surface area contributed by atoms with E-state index < -0.39 is 23.5 Å². The molecule has 1 amide bonds. The Morgan fingerprint density at radius 1 is 1.00 bits per heavy atom. The van der Waals surface area contributed by atoms with Crippen molar-refractivity contribution in [2.45, 2.75) is 45.7 Å². The smallest absolute Gasteiger partial charge is 0.254 e. The molecule has 3 aromatic rings. The van der Waals surface area contributed by atoms with Crippen LogP contribution in [-0.4, -0.2) is 67.3 Å². The van der Waals surface area contributed by atoms with E-state index in [1.165, 1.54) is 0 Å². The molecule has 0 aliphatic carbocycles. The summed E-state index contributed by atoms with van der Waals surface area (Å²) in [6.45, 7) is 7.79. The van der Waals surface area contributed by atoms with Crippen molar-refractivity contribution < 1.29 is 23.1 Å². The molecule has 0 bridgehead atoms. The van der Waals surface area contributed by atoms with E-state index in [1.54, 1.807) is 9.80 Å². The highest BCUT2D eigenvalue weighted by Crippen LogP contribution is 2.32. The van der Waals surface area contributed by atoms with Crippen LogP contribution in [0.25, 0.3) is 0 Å². The Kier molecular flexibility index (Phi) is 8.83. The summed E-state index contributed by atoms with van der Waals surface area (Å²) in [5, 5.41) is 23.3. The number of halogens is 3. The van der Waals surface area contributed by atoms with Crippen LogP contribution in [0.5, 0.6) is 0 Å². The maximum absolute atomic E-state index is 13.9. The van der Waals surface area contributed by atoms with Crippen LogP contribution in [0.15, 0.2) is 42.5 Å². The van der Waals surface area contributed by atoms with Gasteiger partial charge in [0.05, 0.1) is 23.9 Å². The maximum Gasteiger partial charge on any atom is 0.254 e. The zero-order valence-corrected chi connectivity index (χ0v) is 24.6. The van der Waals surface area contributed by atoms with Gasteiger partial charge in [-0.15, -0.1) is 0 Å². The number of amides is 1. The van der Waals surface area contributed by atoms with Crippen LogP contribution < -0.4 is 15.1 Å². The molecule has 0 spiro atoms. The Hall–Kier alpha value is -4.23. The van der Waals surface area contributed by atoms with E-state index in [1.807, 2.05) is 51.1 Å². The summed E-state index contributed by atoms with van der Waals surface area (Å²) in [5.41, 5.74) is 6.01. The molecule has 1 atom stereocenters. The van der Waals surface area contributed by atoms with E-state index in [4.69, 9.17) is 0 Å². The van der Waals surface area contributed by atoms with Gasteiger partial charge >= 0.3 is 0 Å². The number of piperazine rings is 1. The monoisotopic (exact) mass is 591 g/mol. The number of nitriles is 1. The maximum atomic E-state index is 13.9. The molecular weight excluding hydrogens is 555 g/mol. The summed E-state index contributed by atoms with van der Waals surface area (Å²) >= 11 is 0. The summed E-state index contributed by atoms with van der Waals surface area (Å²) in [5.74, 6) is -4.30. The molecule has 2 N–H and O–H groups in total. The quantitative estimate of drug-likeness (QED) is 0.379. The van der Waals surface area contributed by atoms with Crippen LogP contribution >= 0.6 is 0 Å². The Bertz CT molecular complexity index is 1540. The second-order valence-electron chi connectivity index (χ2n) is 11.4. The van der Waals surface area contributed by atoms with Gasteiger partial charge in [-0.1, -0.05) is 18.2 Å². The Balaban J connectivity index is 1.30. The lowest BCUT2D eigenvalue weighted by Crippen LogP contribution is -2.56. The number of aliphatic hydroxyl groups is 1. The van der Waals surface area contributed by atoms with Crippen molar-refractivity contribution in [3.63, 3.8) is 0 Å². The number of benzene rings is 3. The third kappa shape index (κ3) is 6.00. The molecule has 10 heteroatoms. The number of carbonyl (C=O) groups is 1. The lowest BCUT2D eigenvalue weighted by Gasteiger charge is -2.42. The Labute approximate surface area is 250 Å². The fourth-order valence-electron chi connectivity index (χ4n) is 6.45. The molecule has 0 unspecified atom stereocenters. The summed E-state index contributed by atoms with van der Waals surface area (Å²) in [4.78, 5) is 19.4. The molecule has 226 valence electrons. The molecule has 2 saturated heterocycles. The van der Waals surface area contributed by atoms with E-state index in [2.05, 4.69) is 16.3 Å². The van der Waals surface area contributed by atoms with Crippen molar-refractivity contribution in [2.75, 3.05) is 54.4 Å². The average Bonchev–Trinajstić information content (AvgIpc) is 3.01. The van der Waals surface area contributed by atoms with E-state index in [9.17, 15) is 28.3 Å². The molecule has 2 aliphatic rings. The zero-order chi connectivity index (χ0) is 30.8. The van der Waals surface area contributed by atoms with Gasteiger partial charge in [-0.25, -0.2) is 13.2 Å². The minimum Gasteiger partial charge on any atom is -0.394 e. The molecular formula is C33H36F3N5O2. The number of hydrogen-bond donors (Lipinski definition) is 2. The van der Waals surface area contributed by atoms with Crippen molar-refractivity contribution in [2.24, 2.45) is 0 Å². The first kappa shape index (κ1) is 30.2. The van der Waals surface area contributed by atoms with E-state index in [0.717, 1.165) is 66.1 Å². The van der Waals surface area contributed by atoms with Crippen molar-refractivity contribution in [1.29, 1.82) is 5.26 Å². The number of anilines is 3. The average molecular weight is 592 g/mol. The normalized spacial score (nSPS) is 17.6. The van der Waals surface area contributed by atoms with Gasteiger partial charge < -0.3 is 25.1 Å². The first-order valence-corrected chi connectivity index (χ1v) is 14.6. The van der Waals surface area contributed by atoms with E-state index >= 15 is 0 Å². The molecule has 0 saturated carbocycles. The van der Waals surface area contributed by atoms with Gasteiger partial charge in [-0.05, 0) is 62.4 Å². The van der Waals surface area contributed by atoms with Gasteiger partial charge in [-0.3, -0.25) is 4.79 Å². The first-order valence-electron chi connectivity index (χ1n) is 14.6. The number of nitrogens with zero attached hydrogens (tertiary/aromatic N) is 4. The molecule has 2 aliphatic heterocycles. The lowest BCUT2D eigenvalue weighted by atomic mass is 9.94. The van der Waals surface area contributed by atoms with Crippen LogP contribution in [0, 0.1) is 49.6 Å². The van der Waals surface area contributed by atoms with Gasteiger partial charge in [0.1, 0.15) is 6.07 Å². The number of hydrogen-bond acceptors (Lipinski definition) is 6. The summed E-state index contributed by atoms with van der Waals surface area (Å²) in [7, 11) is 0. The highest BCUT2D eigenvalue weighted by molar-refractivity contribution is 5.99. The van der Waals surface area contributed by atoms with Gasteiger partial charge in [-0.2, -0.15) is 5.26 Å². The van der Waals surface area contributed by atoms with Gasteiger partial charge in [0.15, 0.2) is 17.5 Å². The van der Waals surface area contributed by atoms with Crippen LogP contribution in [0.4, 0.5) is 30.2 Å². The predicted molar refractivity (Wildman–Crippen MR) is 161 cm³/mol. The van der Waals surface area contributed by atoms with Crippen molar-refractivity contribution in [3.05, 3.63) is 87.7 Å². The molecule has 2 heterocycles. The first-order chi connectivity index (χ1) is 20.6. The number of para-hydroxylation sites is 1. The molecule has 43 heavy (non-hydrogen) atoms. The fraction of sp³-hybridized carbons (Fsp3) is 0.394. The largest absolute Gasteiger partial charge is 0.394 e. The highest BCUT2D eigenvalue weighted by Gasteiger charge is 2.33. The van der Waals surface area contributed by atoms with Crippen LogP contribution in [0.2, 0.25) is 0 Å². The molecule has 3 aromatic carbocycles. The topological polar surface area (TPSA) is 82.8 Å². The number of nitrogens with one attached hydrogen (secondary N) is 1. The van der Waals surface area contributed by atoms with Gasteiger partial charge in [0, 0.05) is 67.8 Å². The standard InChI is InChI=1S/C33H36F3N5O2/c1-20-14-21(2)32(38-24-8-10-39(11-9-24)29-7-5-4-6-23(29)17-37)22(3)30(20)33(43)40-12-13-41(26(18-40)19-42)25-15-27(34)31(36)28(35)16-25/h4-7,14-16,24,26,38,42H,8-13,18-19H2,1-3H3/t26-/m1/s1. The zero-order valence-electron chi connectivity index (χ0n) is 24.6. The minimum absolute atomic E-state index is 0.124. The van der Waals surface area contributed by atoms with Gasteiger partial charge in [0.25, 0.3) is 5.91 Å². The van der Waals surface area contributed by atoms with E-state index in [-0.39, 0.29) is 43.9 Å². The van der Waals surface area contributed by atoms with Gasteiger partial charge in [0.2, 0.25) is 0 Å². The molecule has 5 rings (SSSR count). The van der Waals surface area contributed by atoms with Crippen molar-refractivity contribution in [3.8, 4) is 6.07 Å². The molecule has 0 radical (unpaired) electrons. The molecule has 7 nitrogen and oxygen atoms in total. The number of piperidine rings is 1. The fourth-order valence-corrected chi connectivity index (χ4v) is 6.45. The third-order valence-electron chi connectivity index (χ3n) is 8.68. The highest BCUT2D eigenvalue weighted by atomic mass is 19.2. The van der Waals surface area contributed by atoms with Crippen LogP contribution in [0.3, 0.4) is 0 Å². The molecule has 0 aromatic heterocycles. The SMILES string of the molecule is Cc1cc(C)c(C(=O)N2CCN(c3cc(F)c(F)c(F)c3)[C@@H](CO)C2)c(C)c1NC1CCN(c2ccccc2C#N)CC1. The number of aliphatic hydroxyl groups excluding tert-OH is 1. The minimum atomic E-state index is -1.54. The lowest BCUT2D eigenvalue weighted by molar-refractivity contribution is 0.0697. The number of carbonyl (C=O) groups excluding carboxylic acids is 1. The number of aryl methyl sites for hydroxylation is 2. The summed E-state index contributed by atoms with van der Waals surface area (Å²) in [6.07, 6.45) is 1.75. The second kappa shape index (κ2) is 12.6. The predicted octanol–water partition coefficient (Wildman–Crippen LogP) is 5.31. The summed E-state index contributed by atoms with van der Waals surface area (Å²) < 4.78 is 41.4. The Morgan fingerprint density at radius 2 is 1.67 bits per heavy atom. The van der Waals surface area contributed by atoms with E-state index in [0.29, 0.717) is 11.1 Å². The van der Waals surface area contributed by atoms with Crippen LogP contribution in [-0.2, 0) is 0 Å². The van der Waals surface area contributed by atoms with Crippen molar-refractivity contribution >= 4 is 23.0 Å². The second-order valence-corrected chi connectivity index (χ2v) is 11.4. The Morgan fingerprint density at radius 3 is 2.33 bits per heavy atom. The van der Waals surface area contributed by atoms with Crippen LogP contribution in [0.1, 0.15) is 45.5 Å². The summed E-state index contributed by atoms with van der Waals surface area (Å²) in [6, 6.07) is 13.3. The third-order valence-corrected chi connectivity index (χ3v) is 8.68. The van der Waals surface area contributed by atoms with Crippen molar-refractivity contribution in [1.82, 2.24) is 4.90 Å².